The number of pyridine rings is 1. The summed E-state index contributed by atoms with van der Waals surface area (Å²) in [4.78, 5) is 21.0. The number of nitrogens with one attached hydrogen (secondary N) is 2. The van der Waals surface area contributed by atoms with Crippen LogP contribution < -0.4 is 15.4 Å². The largest absolute Gasteiger partial charge is 0.497 e. The van der Waals surface area contributed by atoms with E-state index >= 15 is 0 Å². The summed E-state index contributed by atoms with van der Waals surface area (Å²) < 4.78 is 5.20. The fourth-order valence-electron chi connectivity index (χ4n) is 2.92. The van der Waals surface area contributed by atoms with E-state index in [9.17, 15) is 4.79 Å². The molecule has 0 aliphatic heterocycles. The third kappa shape index (κ3) is 5.01. The SMILES string of the molecule is COc1cccc(CC(=O)Nc2ccc(-c3csc(Nc4cccnc4)n3)cc2)c1. The van der Waals surface area contributed by atoms with E-state index in [2.05, 4.69) is 20.6 Å². The second-order valence-electron chi connectivity index (χ2n) is 6.56. The number of anilines is 3. The summed E-state index contributed by atoms with van der Waals surface area (Å²) >= 11 is 1.53. The van der Waals surface area contributed by atoms with Crippen molar-refractivity contribution in [1.29, 1.82) is 0 Å². The van der Waals surface area contributed by atoms with Gasteiger partial charge in [0.1, 0.15) is 5.75 Å². The number of rotatable bonds is 7. The molecule has 0 unspecified atom stereocenters. The van der Waals surface area contributed by atoms with Gasteiger partial charge in [-0.2, -0.15) is 0 Å². The molecule has 150 valence electrons. The lowest BCUT2D eigenvalue weighted by Gasteiger charge is -2.07. The minimum Gasteiger partial charge on any atom is -0.497 e. The summed E-state index contributed by atoms with van der Waals surface area (Å²) in [6, 6.07) is 19.0. The number of carbonyl (C=O) groups excluding carboxylic acids is 1. The van der Waals surface area contributed by atoms with E-state index in [4.69, 9.17) is 4.74 Å². The first kappa shape index (κ1) is 19.6. The van der Waals surface area contributed by atoms with Gasteiger partial charge in [-0.1, -0.05) is 24.3 Å². The molecule has 1 amide bonds. The first-order valence-corrected chi connectivity index (χ1v) is 10.2. The topological polar surface area (TPSA) is 76.1 Å². The smallest absolute Gasteiger partial charge is 0.228 e. The second kappa shape index (κ2) is 9.19. The van der Waals surface area contributed by atoms with Gasteiger partial charge in [-0.3, -0.25) is 9.78 Å². The molecule has 0 fully saturated rings. The Labute approximate surface area is 178 Å². The van der Waals surface area contributed by atoms with Crippen LogP contribution in [0.25, 0.3) is 11.3 Å². The van der Waals surface area contributed by atoms with Gasteiger partial charge in [0.2, 0.25) is 5.91 Å². The summed E-state index contributed by atoms with van der Waals surface area (Å²) in [5.74, 6) is 0.665. The van der Waals surface area contributed by atoms with Gasteiger partial charge >= 0.3 is 0 Å². The monoisotopic (exact) mass is 416 g/mol. The maximum Gasteiger partial charge on any atom is 0.228 e. The standard InChI is InChI=1S/C23H20N4O2S/c1-29-20-6-2-4-16(12-20)13-22(28)25-18-9-7-17(8-10-18)21-15-30-23(27-21)26-19-5-3-11-24-14-19/h2-12,14-15H,13H2,1H3,(H,25,28)(H,26,27). The number of hydrogen-bond acceptors (Lipinski definition) is 6. The Morgan fingerprint density at radius 1 is 1.07 bits per heavy atom. The fraction of sp³-hybridized carbons (Fsp3) is 0.0870. The van der Waals surface area contributed by atoms with Crippen LogP contribution in [0.1, 0.15) is 5.56 Å². The number of ether oxygens (including phenoxy) is 1. The number of aromatic nitrogens is 2. The molecule has 2 aromatic carbocycles. The Bertz CT molecular complexity index is 1130. The van der Waals surface area contributed by atoms with Gasteiger partial charge in [0.15, 0.2) is 5.13 Å². The second-order valence-corrected chi connectivity index (χ2v) is 7.42. The Balaban J connectivity index is 1.37. The van der Waals surface area contributed by atoms with Crippen molar-refractivity contribution in [3.05, 3.63) is 84.0 Å². The van der Waals surface area contributed by atoms with Crippen molar-refractivity contribution < 1.29 is 9.53 Å². The van der Waals surface area contributed by atoms with Crippen LogP contribution >= 0.6 is 11.3 Å². The maximum atomic E-state index is 12.3. The van der Waals surface area contributed by atoms with Crippen LogP contribution in [0.5, 0.6) is 5.75 Å². The summed E-state index contributed by atoms with van der Waals surface area (Å²) in [6.07, 6.45) is 3.77. The van der Waals surface area contributed by atoms with E-state index < -0.39 is 0 Å². The zero-order valence-electron chi connectivity index (χ0n) is 16.3. The van der Waals surface area contributed by atoms with Crippen molar-refractivity contribution in [3.63, 3.8) is 0 Å². The molecule has 7 heteroatoms. The molecule has 0 aliphatic carbocycles. The van der Waals surface area contributed by atoms with Crippen LogP contribution in [-0.2, 0) is 11.2 Å². The lowest BCUT2D eigenvalue weighted by atomic mass is 10.1. The van der Waals surface area contributed by atoms with E-state index in [1.807, 2.05) is 66.0 Å². The maximum absolute atomic E-state index is 12.3. The number of nitrogens with zero attached hydrogens (tertiary/aromatic N) is 2. The average molecular weight is 417 g/mol. The van der Waals surface area contributed by atoms with Crippen molar-refractivity contribution in [1.82, 2.24) is 9.97 Å². The first-order chi connectivity index (χ1) is 14.7. The molecule has 4 aromatic rings. The Morgan fingerprint density at radius 2 is 1.93 bits per heavy atom. The molecule has 0 saturated heterocycles. The van der Waals surface area contributed by atoms with Crippen LogP contribution in [0.15, 0.2) is 78.4 Å². The predicted octanol–water partition coefficient (Wildman–Crippen LogP) is 5.14. The quantitative estimate of drug-likeness (QED) is 0.436. The summed E-state index contributed by atoms with van der Waals surface area (Å²) in [6.45, 7) is 0. The van der Waals surface area contributed by atoms with Crippen molar-refractivity contribution in [2.45, 2.75) is 6.42 Å². The number of hydrogen-bond donors (Lipinski definition) is 2. The number of carbonyl (C=O) groups is 1. The molecule has 4 rings (SSSR count). The van der Waals surface area contributed by atoms with Gasteiger partial charge in [0.05, 0.1) is 31.1 Å². The molecule has 0 saturated carbocycles. The zero-order chi connectivity index (χ0) is 20.8. The highest BCUT2D eigenvalue weighted by Gasteiger charge is 2.08. The molecule has 0 spiro atoms. The molecular formula is C23H20N4O2S. The molecule has 2 aromatic heterocycles. The van der Waals surface area contributed by atoms with Gasteiger partial charge in [-0.05, 0) is 42.0 Å². The molecule has 2 heterocycles. The molecule has 2 N–H and O–H groups in total. The third-order valence-corrected chi connectivity index (χ3v) is 5.14. The minimum atomic E-state index is -0.0763. The predicted molar refractivity (Wildman–Crippen MR) is 120 cm³/mol. The Kier molecular flexibility index (Phi) is 6.01. The Morgan fingerprint density at radius 3 is 2.70 bits per heavy atom. The van der Waals surface area contributed by atoms with Gasteiger partial charge in [0.25, 0.3) is 0 Å². The van der Waals surface area contributed by atoms with E-state index in [1.165, 1.54) is 11.3 Å². The molecule has 0 atom stereocenters. The van der Waals surface area contributed by atoms with Crippen LogP contribution in [0.3, 0.4) is 0 Å². The summed E-state index contributed by atoms with van der Waals surface area (Å²) in [5, 5.41) is 8.96. The highest BCUT2D eigenvalue weighted by Crippen LogP contribution is 2.27. The minimum absolute atomic E-state index is 0.0763. The summed E-state index contributed by atoms with van der Waals surface area (Å²) in [7, 11) is 1.61. The molecule has 0 radical (unpaired) electrons. The molecule has 6 nitrogen and oxygen atoms in total. The van der Waals surface area contributed by atoms with E-state index in [-0.39, 0.29) is 12.3 Å². The number of benzene rings is 2. The number of amides is 1. The van der Waals surface area contributed by atoms with E-state index in [1.54, 1.807) is 19.5 Å². The molecule has 30 heavy (non-hydrogen) atoms. The number of methoxy groups -OCH3 is 1. The normalized spacial score (nSPS) is 10.4. The molecule has 0 aliphatic rings. The van der Waals surface area contributed by atoms with E-state index in [0.29, 0.717) is 0 Å². The van der Waals surface area contributed by atoms with Crippen molar-refractivity contribution in [2.75, 3.05) is 17.7 Å². The molecular weight excluding hydrogens is 396 g/mol. The van der Waals surface area contributed by atoms with Gasteiger partial charge in [-0.25, -0.2) is 4.98 Å². The number of thiazole rings is 1. The van der Waals surface area contributed by atoms with Crippen molar-refractivity contribution in [2.24, 2.45) is 0 Å². The highest BCUT2D eigenvalue weighted by atomic mass is 32.1. The van der Waals surface area contributed by atoms with Crippen LogP contribution in [-0.4, -0.2) is 23.0 Å². The van der Waals surface area contributed by atoms with Gasteiger partial charge < -0.3 is 15.4 Å². The van der Waals surface area contributed by atoms with Crippen molar-refractivity contribution >= 4 is 33.8 Å². The first-order valence-electron chi connectivity index (χ1n) is 9.35. The highest BCUT2D eigenvalue weighted by molar-refractivity contribution is 7.14. The van der Waals surface area contributed by atoms with Crippen molar-refractivity contribution in [3.8, 4) is 17.0 Å². The van der Waals surface area contributed by atoms with Crippen LogP contribution in [0.2, 0.25) is 0 Å². The average Bonchev–Trinajstić information content (AvgIpc) is 3.23. The summed E-state index contributed by atoms with van der Waals surface area (Å²) in [5.41, 5.74) is 4.40. The fourth-order valence-corrected chi connectivity index (χ4v) is 3.66. The lowest BCUT2D eigenvalue weighted by molar-refractivity contribution is -0.115. The zero-order valence-corrected chi connectivity index (χ0v) is 17.1. The molecule has 0 bridgehead atoms. The van der Waals surface area contributed by atoms with E-state index in [0.717, 1.165) is 39.1 Å². The lowest BCUT2D eigenvalue weighted by Crippen LogP contribution is -2.14. The van der Waals surface area contributed by atoms with Gasteiger partial charge in [-0.15, -0.1) is 11.3 Å². The van der Waals surface area contributed by atoms with Crippen LogP contribution in [0.4, 0.5) is 16.5 Å². The van der Waals surface area contributed by atoms with Gasteiger partial charge in [0, 0.05) is 22.8 Å². The van der Waals surface area contributed by atoms with Crippen LogP contribution in [0, 0.1) is 0 Å². The Hall–Kier alpha value is -3.71. The third-order valence-electron chi connectivity index (χ3n) is 4.38.